The Balaban J connectivity index is 2.44. The zero-order valence-corrected chi connectivity index (χ0v) is 9.01. The first-order valence-corrected chi connectivity index (χ1v) is 5.10. The molecular formula is C7H8F3N3O2S. The number of hydrogen-bond acceptors (Lipinski definition) is 5. The molecule has 0 fully saturated rings. The number of nitrogens with zero attached hydrogens (tertiary/aromatic N) is 3. The van der Waals surface area contributed by atoms with Gasteiger partial charge in [-0.2, -0.15) is 13.2 Å². The lowest BCUT2D eigenvalue weighted by molar-refractivity contribution is -0.0328. The van der Waals surface area contributed by atoms with Gasteiger partial charge >= 0.3 is 11.5 Å². The van der Waals surface area contributed by atoms with Gasteiger partial charge in [-0.05, 0) is 11.8 Å². The predicted molar refractivity (Wildman–Crippen MR) is 49.9 cm³/mol. The van der Waals surface area contributed by atoms with Gasteiger partial charge in [-0.15, -0.1) is 5.10 Å². The molecule has 0 aromatic carbocycles. The Morgan fingerprint density at radius 3 is 2.88 bits per heavy atom. The van der Waals surface area contributed by atoms with Crippen LogP contribution in [0.25, 0.3) is 0 Å². The van der Waals surface area contributed by atoms with Gasteiger partial charge in [0.1, 0.15) is 0 Å². The van der Waals surface area contributed by atoms with E-state index in [2.05, 4.69) is 15.0 Å². The van der Waals surface area contributed by atoms with Gasteiger partial charge in [0.25, 0.3) is 0 Å². The van der Waals surface area contributed by atoms with Crippen LogP contribution in [0, 0.1) is 0 Å². The third-order valence-electron chi connectivity index (χ3n) is 1.52. The molecule has 0 radical (unpaired) electrons. The van der Waals surface area contributed by atoms with Gasteiger partial charge in [0.05, 0.1) is 19.9 Å². The third-order valence-corrected chi connectivity index (χ3v) is 2.23. The van der Waals surface area contributed by atoms with Crippen molar-refractivity contribution in [3.05, 3.63) is 11.9 Å². The van der Waals surface area contributed by atoms with Crippen LogP contribution in [0.2, 0.25) is 0 Å². The van der Waals surface area contributed by atoms with E-state index in [1.165, 1.54) is 13.3 Å². The highest BCUT2D eigenvalue weighted by Crippen LogP contribution is 2.29. The van der Waals surface area contributed by atoms with E-state index in [-0.39, 0.29) is 29.8 Å². The Morgan fingerprint density at radius 1 is 1.62 bits per heavy atom. The van der Waals surface area contributed by atoms with Crippen LogP contribution in [0.3, 0.4) is 0 Å². The standard InChI is InChI=1S/C7H8F3N3O2S/c1-15-6(14)5-4-13(12-11-5)2-3-16-7(8,9)10/h4H,2-3H2,1H3. The number of methoxy groups -OCH3 is 1. The summed E-state index contributed by atoms with van der Waals surface area (Å²) >= 11 is -0.153. The van der Waals surface area contributed by atoms with E-state index in [9.17, 15) is 18.0 Å². The number of carbonyl (C=O) groups excluding carboxylic acids is 1. The Morgan fingerprint density at radius 2 is 2.31 bits per heavy atom. The first-order valence-electron chi connectivity index (χ1n) is 4.11. The van der Waals surface area contributed by atoms with E-state index in [4.69, 9.17) is 0 Å². The number of rotatable bonds is 4. The van der Waals surface area contributed by atoms with Crippen molar-refractivity contribution in [2.75, 3.05) is 12.9 Å². The maximum Gasteiger partial charge on any atom is 0.441 e. The zero-order valence-electron chi connectivity index (χ0n) is 8.19. The van der Waals surface area contributed by atoms with Crippen LogP contribution in [0.15, 0.2) is 6.20 Å². The van der Waals surface area contributed by atoms with Crippen molar-refractivity contribution in [1.82, 2.24) is 15.0 Å². The normalized spacial score (nSPS) is 11.5. The van der Waals surface area contributed by atoms with Crippen LogP contribution < -0.4 is 0 Å². The number of esters is 1. The summed E-state index contributed by atoms with van der Waals surface area (Å²) in [5, 5.41) is 6.94. The lowest BCUT2D eigenvalue weighted by atomic mass is 10.5. The fourth-order valence-corrected chi connectivity index (χ4v) is 1.37. The minimum absolute atomic E-state index is 0.0220. The summed E-state index contributed by atoms with van der Waals surface area (Å²) in [6, 6.07) is 0. The molecule has 0 atom stereocenters. The number of alkyl halides is 3. The molecule has 0 unspecified atom stereocenters. The molecule has 0 bridgehead atoms. The van der Waals surface area contributed by atoms with Crippen LogP contribution in [0.5, 0.6) is 0 Å². The van der Waals surface area contributed by atoms with Gasteiger partial charge in [-0.1, -0.05) is 5.21 Å². The second-order valence-corrected chi connectivity index (χ2v) is 3.81. The predicted octanol–water partition coefficient (Wildman–Crippen LogP) is 1.32. The molecule has 0 aliphatic heterocycles. The van der Waals surface area contributed by atoms with Crippen molar-refractivity contribution in [3.8, 4) is 0 Å². The van der Waals surface area contributed by atoms with Gasteiger partial charge in [-0.3, -0.25) is 4.68 Å². The summed E-state index contributed by atoms with van der Waals surface area (Å²) < 4.78 is 40.9. The highest BCUT2D eigenvalue weighted by atomic mass is 32.2. The van der Waals surface area contributed by atoms with E-state index >= 15 is 0 Å². The highest BCUT2D eigenvalue weighted by Gasteiger charge is 2.27. The summed E-state index contributed by atoms with van der Waals surface area (Å²) in [5.41, 5.74) is -4.29. The molecule has 0 spiro atoms. The molecule has 5 nitrogen and oxygen atoms in total. The van der Waals surface area contributed by atoms with E-state index in [0.717, 1.165) is 4.68 Å². The van der Waals surface area contributed by atoms with Gasteiger partial charge in [0.2, 0.25) is 0 Å². The number of thioether (sulfide) groups is 1. The zero-order chi connectivity index (χ0) is 12.2. The smallest absolute Gasteiger partial charge is 0.441 e. The van der Waals surface area contributed by atoms with Gasteiger partial charge in [0.15, 0.2) is 5.69 Å². The summed E-state index contributed by atoms with van der Waals surface area (Å²) in [4.78, 5) is 10.9. The molecule has 0 saturated heterocycles. The second-order valence-electron chi connectivity index (χ2n) is 2.65. The fraction of sp³-hybridized carbons (Fsp3) is 0.571. The lowest BCUT2D eigenvalue weighted by Gasteiger charge is -2.04. The maximum atomic E-state index is 11.8. The number of aryl methyl sites for hydroxylation is 1. The van der Waals surface area contributed by atoms with Gasteiger partial charge < -0.3 is 4.74 Å². The quantitative estimate of drug-likeness (QED) is 0.759. The fourth-order valence-electron chi connectivity index (χ4n) is 0.861. The van der Waals surface area contributed by atoms with Crippen molar-refractivity contribution in [1.29, 1.82) is 0 Å². The monoisotopic (exact) mass is 255 g/mol. The Bertz CT molecular complexity index is 366. The maximum absolute atomic E-state index is 11.8. The highest BCUT2D eigenvalue weighted by molar-refractivity contribution is 8.00. The molecule has 16 heavy (non-hydrogen) atoms. The van der Waals surface area contributed by atoms with E-state index in [1.807, 2.05) is 0 Å². The van der Waals surface area contributed by atoms with Crippen molar-refractivity contribution >= 4 is 17.7 Å². The van der Waals surface area contributed by atoms with Crippen LogP contribution in [0.1, 0.15) is 10.5 Å². The van der Waals surface area contributed by atoms with Crippen molar-refractivity contribution in [3.63, 3.8) is 0 Å². The average Bonchev–Trinajstić information content (AvgIpc) is 2.63. The molecule has 1 aromatic heterocycles. The van der Waals surface area contributed by atoms with E-state index in [0.29, 0.717) is 0 Å². The molecule has 0 aliphatic rings. The third kappa shape index (κ3) is 4.09. The Kier molecular flexibility index (Phi) is 4.16. The Labute approximate surface area is 92.9 Å². The van der Waals surface area contributed by atoms with E-state index < -0.39 is 11.5 Å². The van der Waals surface area contributed by atoms with Crippen LogP contribution >= 0.6 is 11.8 Å². The molecule has 90 valence electrons. The minimum atomic E-state index is -4.26. The summed E-state index contributed by atoms with van der Waals surface area (Å²) in [7, 11) is 1.18. The molecule has 0 amide bonds. The summed E-state index contributed by atoms with van der Waals surface area (Å²) in [6.07, 6.45) is 1.24. The second kappa shape index (κ2) is 5.19. The molecule has 0 aliphatic carbocycles. The largest absolute Gasteiger partial charge is 0.464 e. The van der Waals surface area contributed by atoms with Crippen molar-refractivity contribution < 1.29 is 22.7 Å². The number of aromatic nitrogens is 3. The van der Waals surface area contributed by atoms with Crippen LogP contribution in [0.4, 0.5) is 13.2 Å². The van der Waals surface area contributed by atoms with Crippen molar-refractivity contribution in [2.45, 2.75) is 12.1 Å². The molecule has 0 saturated carbocycles. The number of ether oxygens (including phenoxy) is 1. The topological polar surface area (TPSA) is 57.0 Å². The number of halogens is 3. The first kappa shape index (κ1) is 12.8. The van der Waals surface area contributed by atoms with Crippen molar-refractivity contribution in [2.24, 2.45) is 0 Å². The van der Waals surface area contributed by atoms with E-state index in [1.54, 1.807) is 0 Å². The Hall–Kier alpha value is -1.25. The molecule has 0 N–H and O–H groups in total. The van der Waals surface area contributed by atoms with Crippen LogP contribution in [-0.4, -0.2) is 39.3 Å². The minimum Gasteiger partial charge on any atom is -0.464 e. The molecule has 1 heterocycles. The summed E-state index contributed by atoms with van der Waals surface area (Å²) in [5.74, 6) is -0.859. The summed E-state index contributed by atoms with van der Waals surface area (Å²) in [6.45, 7) is 0.0220. The van der Waals surface area contributed by atoms with Gasteiger partial charge in [0, 0.05) is 5.75 Å². The molecular weight excluding hydrogens is 247 g/mol. The number of hydrogen-bond donors (Lipinski definition) is 0. The van der Waals surface area contributed by atoms with Crippen LogP contribution in [-0.2, 0) is 11.3 Å². The molecule has 1 rings (SSSR count). The SMILES string of the molecule is COC(=O)c1cn(CCSC(F)(F)F)nn1. The first-order chi connectivity index (χ1) is 7.42. The molecule has 9 heteroatoms. The van der Waals surface area contributed by atoms with Gasteiger partial charge in [-0.25, -0.2) is 4.79 Å². The number of carbonyl (C=O) groups is 1. The lowest BCUT2D eigenvalue weighted by Crippen LogP contribution is -2.07. The molecule has 1 aromatic rings. The average molecular weight is 255 g/mol.